The van der Waals surface area contributed by atoms with E-state index in [1.807, 2.05) is 31.2 Å². The monoisotopic (exact) mass is 283 g/mol. The highest BCUT2D eigenvalue weighted by Crippen LogP contribution is 2.20. The van der Waals surface area contributed by atoms with Crippen LogP contribution in [0.4, 0.5) is 16.3 Å². The number of rotatable bonds is 4. The van der Waals surface area contributed by atoms with E-state index >= 15 is 0 Å². The van der Waals surface area contributed by atoms with Gasteiger partial charge in [-0.25, -0.2) is 9.78 Å². The first kappa shape index (κ1) is 15.0. The number of benzene rings is 1. The van der Waals surface area contributed by atoms with Gasteiger partial charge in [0.05, 0.1) is 0 Å². The highest BCUT2D eigenvalue weighted by molar-refractivity contribution is 5.99. The Bertz CT molecular complexity index is 608. The van der Waals surface area contributed by atoms with Gasteiger partial charge in [-0.15, -0.1) is 0 Å². The maximum absolute atomic E-state index is 11.9. The number of anilines is 2. The summed E-state index contributed by atoms with van der Waals surface area (Å²) in [7, 11) is 0. The molecule has 0 bridgehead atoms. The Hall–Kier alpha value is -2.36. The zero-order valence-electron chi connectivity index (χ0n) is 12.7. The van der Waals surface area contributed by atoms with Gasteiger partial charge in [0, 0.05) is 11.9 Å². The van der Waals surface area contributed by atoms with Gasteiger partial charge in [0.1, 0.15) is 5.82 Å². The number of nitrogens with one attached hydrogen (secondary N) is 2. The molecule has 0 aliphatic carbocycles. The fourth-order valence-electron chi connectivity index (χ4n) is 2.02. The summed E-state index contributed by atoms with van der Waals surface area (Å²) < 4.78 is 0. The van der Waals surface area contributed by atoms with E-state index in [0.717, 1.165) is 17.7 Å². The summed E-state index contributed by atoms with van der Waals surface area (Å²) >= 11 is 0. The van der Waals surface area contributed by atoms with Gasteiger partial charge in [0.25, 0.3) is 0 Å². The Balaban J connectivity index is 1.98. The van der Waals surface area contributed by atoms with E-state index in [2.05, 4.69) is 41.6 Å². The number of amides is 2. The lowest BCUT2D eigenvalue weighted by Gasteiger charge is -2.11. The molecule has 0 saturated heterocycles. The molecule has 0 saturated carbocycles. The zero-order chi connectivity index (χ0) is 15.2. The van der Waals surface area contributed by atoms with Crippen molar-refractivity contribution in [1.29, 1.82) is 0 Å². The summed E-state index contributed by atoms with van der Waals surface area (Å²) in [5, 5.41) is 5.56. The minimum Gasteiger partial charge on any atom is -0.308 e. The standard InChI is InChI=1S/C17H21N3O/c1-4-12(2)14-7-9-15(10-8-14)19-17(21)20-16-13(3)6-5-11-18-16/h5-12H,4H2,1-3H3,(H2,18,19,20,21). The molecule has 0 aliphatic heterocycles. The second-order valence-corrected chi connectivity index (χ2v) is 5.18. The molecule has 1 aromatic carbocycles. The molecule has 1 aromatic heterocycles. The third-order valence-corrected chi connectivity index (χ3v) is 3.59. The smallest absolute Gasteiger partial charge is 0.308 e. The molecule has 4 heteroatoms. The second-order valence-electron chi connectivity index (χ2n) is 5.18. The molecule has 1 unspecified atom stereocenters. The zero-order valence-corrected chi connectivity index (χ0v) is 12.7. The minimum absolute atomic E-state index is 0.284. The highest BCUT2D eigenvalue weighted by Gasteiger charge is 2.06. The molecule has 0 radical (unpaired) electrons. The average Bonchev–Trinajstić information content (AvgIpc) is 2.49. The molecule has 0 aliphatic rings. The molecule has 110 valence electrons. The van der Waals surface area contributed by atoms with Gasteiger partial charge in [-0.1, -0.05) is 32.0 Å². The second kappa shape index (κ2) is 6.88. The third-order valence-electron chi connectivity index (χ3n) is 3.59. The lowest BCUT2D eigenvalue weighted by atomic mass is 9.99. The number of carbonyl (C=O) groups is 1. The van der Waals surface area contributed by atoms with E-state index in [1.54, 1.807) is 6.20 Å². The van der Waals surface area contributed by atoms with Gasteiger partial charge in [-0.3, -0.25) is 5.32 Å². The number of nitrogens with zero attached hydrogens (tertiary/aromatic N) is 1. The molecule has 0 fully saturated rings. The van der Waals surface area contributed by atoms with Crippen LogP contribution in [-0.4, -0.2) is 11.0 Å². The maximum atomic E-state index is 11.9. The van der Waals surface area contributed by atoms with Crippen molar-refractivity contribution < 1.29 is 4.79 Å². The quantitative estimate of drug-likeness (QED) is 0.865. The first-order valence-corrected chi connectivity index (χ1v) is 7.19. The van der Waals surface area contributed by atoms with Crippen LogP contribution in [0, 0.1) is 6.92 Å². The number of carbonyl (C=O) groups excluding carboxylic acids is 1. The molecule has 21 heavy (non-hydrogen) atoms. The van der Waals surface area contributed by atoms with Gasteiger partial charge in [0.2, 0.25) is 0 Å². The number of hydrogen-bond donors (Lipinski definition) is 2. The molecule has 2 amide bonds. The predicted octanol–water partition coefficient (Wildman–Crippen LogP) is 4.55. The van der Waals surface area contributed by atoms with Gasteiger partial charge in [-0.05, 0) is 48.6 Å². The largest absolute Gasteiger partial charge is 0.324 e. The molecule has 2 aromatic rings. The van der Waals surface area contributed by atoms with E-state index in [0.29, 0.717) is 11.7 Å². The van der Waals surface area contributed by atoms with Crippen molar-refractivity contribution >= 4 is 17.5 Å². The fourth-order valence-corrected chi connectivity index (χ4v) is 2.02. The molecule has 4 nitrogen and oxygen atoms in total. The van der Waals surface area contributed by atoms with E-state index < -0.39 is 0 Å². The number of urea groups is 1. The van der Waals surface area contributed by atoms with Crippen molar-refractivity contribution in [2.75, 3.05) is 10.6 Å². The van der Waals surface area contributed by atoms with Gasteiger partial charge in [-0.2, -0.15) is 0 Å². The normalized spacial score (nSPS) is 11.8. The average molecular weight is 283 g/mol. The molecular formula is C17H21N3O. The van der Waals surface area contributed by atoms with Crippen LogP contribution in [-0.2, 0) is 0 Å². The Morgan fingerprint density at radius 3 is 2.52 bits per heavy atom. The molecular weight excluding hydrogens is 262 g/mol. The summed E-state index contributed by atoms with van der Waals surface area (Å²) in [6, 6.07) is 11.4. The van der Waals surface area contributed by atoms with Gasteiger partial charge < -0.3 is 5.32 Å². The summed E-state index contributed by atoms with van der Waals surface area (Å²) in [6.07, 6.45) is 2.76. The Labute approximate surface area is 125 Å². The van der Waals surface area contributed by atoms with Gasteiger partial charge >= 0.3 is 6.03 Å². The SMILES string of the molecule is CCC(C)c1ccc(NC(=O)Nc2ncccc2C)cc1. The summed E-state index contributed by atoms with van der Waals surface area (Å²) in [4.78, 5) is 16.1. The van der Waals surface area contributed by atoms with E-state index in [4.69, 9.17) is 0 Å². The van der Waals surface area contributed by atoms with Gasteiger partial charge in [0.15, 0.2) is 0 Å². The first-order valence-electron chi connectivity index (χ1n) is 7.19. The maximum Gasteiger partial charge on any atom is 0.324 e. The number of pyridine rings is 1. The minimum atomic E-state index is -0.284. The van der Waals surface area contributed by atoms with Crippen LogP contribution in [0.5, 0.6) is 0 Å². The molecule has 2 rings (SSSR count). The van der Waals surface area contributed by atoms with Crippen LogP contribution >= 0.6 is 0 Å². The van der Waals surface area contributed by atoms with E-state index in [1.165, 1.54) is 5.56 Å². The highest BCUT2D eigenvalue weighted by atomic mass is 16.2. The van der Waals surface area contributed by atoms with Crippen LogP contribution in [0.15, 0.2) is 42.6 Å². The van der Waals surface area contributed by atoms with Crippen molar-refractivity contribution in [1.82, 2.24) is 4.98 Å². The molecule has 1 heterocycles. The third kappa shape index (κ3) is 4.05. The van der Waals surface area contributed by atoms with Crippen LogP contribution in [0.3, 0.4) is 0 Å². The number of aromatic nitrogens is 1. The van der Waals surface area contributed by atoms with Crippen molar-refractivity contribution in [2.24, 2.45) is 0 Å². The van der Waals surface area contributed by atoms with Crippen molar-refractivity contribution in [3.05, 3.63) is 53.7 Å². The lowest BCUT2D eigenvalue weighted by molar-refractivity contribution is 0.262. The predicted molar refractivity (Wildman–Crippen MR) is 86.8 cm³/mol. The van der Waals surface area contributed by atoms with Crippen molar-refractivity contribution in [3.8, 4) is 0 Å². The van der Waals surface area contributed by atoms with Crippen LogP contribution in [0.1, 0.15) is 37.3 Å². The molecule has 1 atom stereocenters. The Kier molecular flexibility index (Phi) is 4.93. The van der Waals surface area contributed by atoms with Crippen molar-refractivity contribution in [2.45, 2.75) is 33.1 Å². The summed E-state index contributed by atoms with van der Waals surface area (Å²) in [5.74, 6) is 1.11. The number of aryl methyl sites for hydroxylation is 1. The fraction of sp³-hybridized carbons (Fsp3) is 0.294. The number of hydrogen-bond acceptors (Lipinski definition) is 2. The van der Waals surface area contributed by atoms with E-state index in [9.17, 15) is 4.79 Å². The first-order chi connectivity index (χ1) is 10.1. The Morgan fingerprint density at radius 1 is 1.19 bits per heavy atom. The lowest BCUT2D eigenvalue weighted by Crippen LogP contribution is -2.20. The van der Waals surface area contributed by atoms with Crippen LogP contribution in [0.25, 0.3) is 0 Å². The van der Waals surface area contributed by atoms with Crippen LogP contribution in [0.2, 0.25) is 0 Å². The Morgan fingerprint density at radius 2 is 1.90 bits per heavy atom. The van der Waals surface area contributed by atoms with E-state index in [-0.39, 0.29) is 6.03 Å². The van der Waals surface area contributed by atoms with Crippen molar-refractivity contribution in [3.63, 3.8) is 0 Å². The topological polar surface area (TPSA) is 54.0 Å². The summed E-state index contributed by atoms with van der Waals surface area (Å²) in [6.45, 7) is 6.27. The molecule has 2 N–H and O–H groups in total. The summed E-state index contributed by atoms with van der Waals surface area (Å²) in [5.41, 5.74) is 2.98. The molecule has 0 spiro atoms. The van der Waals surface area contributed by atoms with Crippen LogP contribution < -0.4 is 10.6 Å².